The maximum atomic E-state index is 12.1. The van der Waals surface area contributed by atoms with Crippen LogP contribution < -0.4 is 0 Å². The Morgan fingerprint density at radius 2 is 1.21 bits per heavy atom. The molecular formula is C24H42O12P2. The fourth-order valence-corrected chi connectivity index (χ4v) is 4.66. The average Bonchev–Trinajstić information content (AvgIpc) is 2.85. The highest BCUT2D eigenvalue weighted by atomic mass is 31.2. The van der Waals surface area contributed by atoms with Gasteiger partial charge >= 0.3 is 23.9 Å². The van der Waals surface area contributed by atoms with E-state index >= 15 is 0 Å². The molecule has 0 aliphatic carbocycles. The normalized spacial score (nSPS) is 13.5. The van der Waals surface area contributed by atoms with Gasteiger partial charge in [0.15, 0.2) is 0 Å². The number of aliphatic carboxylic acids is 1. The fourth-order valence-electron chi connectivity index (χ4n) is 2.19. The molecule has 0 radical (unpaired) electrons. The zero-order valence-electron chi connectivity index (χ0n) is 22.8. The lowest BCUT2D eigenvalue weighted by Gasteiger charge is -2.16. The van der Waals surface area contributed by atoms with Crippen LogP contribution in [0.2, 0.25) is 0 Å². The van der Waals surface area contributed by atoms with E-state index in [0.717, 1.165) is 0 Å². The van der Waals surface area contributed by atoms with Crippen molar-refractivity contribution in [3.05, 3.63) is 24.3 Å². The molecule has 0 heterocycles. The second-order valence-corrected chi connectivity index (χ2v) is 14.0. The molecule has 0 amide bonds. The van der Waals surface area contributed by atoms with Gasteiger partial charge in [0, 0.05) is 48.6 Å². The molecule has 0 bridgehead atoms. The first-order valence-electron chi connectivity index (χ1n) is 12.1. The topological polar surface area (TPSA) is 180 Å². The Bertz CT molecular complexity index is 897. The van der Waals surface area contributed by atoms with Gasteiger partial charge < -0.3 is 28.7 Å². The molecule has 14 heteroatoms. The van der Waals surface area contributed by atoms with Crippen LogP contribution in [0.3, 0.4) is 0 Å². The van der Waals surface area contributed by atoms with Crippen molar-refractivity contribution in [2.75, 3.05) is 51.1 Å². The third kappa shape index (κ3) is 21.8. The van der Waals surface area contributed by atoms with Crippen LogP contribution in [-0.4, -0.2) is 85.0 Å². The molecule has 2 atom stereocenters. The lowest BCUT2D eigenvalue weighted by atomic mass is 10.4. The van der Waals surface area contributed by atoms with Gasteiger partial charge in [0.1, 0.15) is 0 Å². The van der Waals surface area contributed by atoms with Gasteiger partial charge in [-0.25, -0.2) is 9.59 Å². The summed E-state index contributed by atoms with van der Waals surface area (Å²) < 4.78 is 43.1. The van der Waals surface area contributed by atoms with Gasteiger partial charge in [-0.05, 0) is 13.8 Å². The van der Waals surface area contributed by atoms with E-state index in [4.69, 9.17) is 23.8 Å². The summed E-state index contributed by atoms with van der Waals surface area (Å²) in [6.45, 7) is 13.9. The predicted molar refractivity (Wildman–Crippen MR) is 143 cm³/mol. The minimum Gasteiger partial charge on any atom is -0.481 e. The number of hydrogen-bond donors (Lipinski definition) is 2. The average molecular weight is 585 g/mol. The number of carbonyl (C=O) groups excluding carboxylic acids is 3. The zero-order valence-corrected chi connectivity index (χ0v) is 24.6. The van der Waals surface area contributed by atoms with E-state index < -0.39 is 38.6 Å². The van der Waals surface area contributed by atoms with Crippen molar-refractivity contribution >= 4 is 38.6 Å². The van der Waals surface area contributed by atoms with Crippen molar-refractivity contribution in [2.24, 2.45) is 0 Å². The number of ether oxygens (including phenoxy) is 3. The van der Waals surface area contributed by atoms with Crippen LogP contribution in [0.25, 0.3) is 0 Å². The summed E-state index contributed by atoms with van der Waals surface area (Å²) in [5, 5.41) is 8.55. The van der Waals surface area contributed by atoms with Gasteiger partial charge in [-0.15, -0.1) is 0 Å². The maximum absolute atomic E-state index is 12.1. The van der Waals surface area contributed by atoms with Crippen molar-refractivity contribution in [1.82, 2.24) is 0 Å². The lowest BCUT2D eigenvalue weighted by Crippen LogP contribution is -2.12. The van der Waals surface area contributed by atoms with Crippen molar-refractivity contribution in [3.8, 4) is 0 Å². The molecule has 12 nitrogen and oxygen atoms in total. The van der Waals surface area contributed by atoms with Crippen LogP contribution in [0.15, 0.2) is 24.3 Å². The number of hydrogen-bond acceptors (Lipinski definition) is 10. The van der Waals surface area contributed by atoms with E-state index in [-0.39, 0.29) is 57.8 Å². The molecule has 0 aromatic rings. The number of esters is 3. The molecule has 0 aromatic heterocycles. The fraction of sp³-hybridized carbons (Fsp3) is 0.667. The molecule has 220 valence electrons. The second kappa shape index (κ2) is 20.7. The summed E-state index contributed by atoms with van der Waals surface area (Å²) in [5.41, 5.74) is 0.636. The number of rotatable bonds is 19. The van der Waals surface area contributed by atoms with Gasteiger partial charge in [0.25, 0.3) is 0 Å². The highest BCUT2D eigenvalue weighted by Crippen LogP contribution is 2.47. The van der Waals surface area contributed by atoms with Crippen LogP contribution in [0, 0.1) is 0 Å². The first kappa shape index (κ1) is 37.9. The Labute approximate surface area is 224 Å². The molecule has 0 aromatic carbocycles. The van der Waals surface area contributed by atoms with Crippen LogP contribution >= 0.6 is 14.7 Å². The molecule has 0 aliphatic heterocycles. The highest BCUT2D eigenvalue weighted by molar-refractivity contribution is 7.59. The van der Waals surface area contributed by atoms with Gasteiger partial charge in [-0.2, -0.15) is 0 Å². The Morgan fingerprint density at radius 3 is 1.63 bits per heavy atom. The third-order valence-corrected chi connectivity index (χ3v) is 9.07. The Balaban J connectivity index is 0. The molecule has 0 fully saturated rings. The maximum Gasteiger partial charge on any atom is 0.333 e. The smallest absolute Gasteiger partial charge is 0.333 e. The summed E-state index contributed by atoms with van der Waals surface area (Å²) in [6, 6.07) is 0. The second-order valence-electron chi connectivity index (χ2n) is 8.23. The number of carbonyl (C=O) groups is 4. The van der Waals surface area contributed by atoms with E-state index in [1.165, 1.54) is 0 Å². The Morgan fingerprint density at radius 1 is 0.737 bits per heavy atom. The van der Waals surface area contributed by atoms with E-state index in [0.29, 0.717) is 30.1 Å². The van der Waals surface area contributed by atoms with Gasteiger partial charge in [0.2, 0.25) is 14.7 Å². The number of carboxylic acids is 1. The Hall–Kier alpha value is -2.26. The lowest BCUT2D eigenvalue weighted by molar-refractivity contribution is -0.144. The minimum absolute atomic E-state index is 0.0321. The van der Waals surface area contributed by atoms with Crippen LogP contribution in [0.4, 0.5) is 0 Å². The van der Waals surface area contributed by atoms with Crippen molar-refractivity contribution in [3.63, 3.8) is 0 Å². The summed E-state index contributed by atoms with van der Waals surface area (Å²) in [6.07, 6.45) is 0.967. The molecule has 0 aliphatic rings. The molecule has 2 unspecified atom stereocenters. The largest absolute Gasteiger partial charge is 0.481 e. The molecular weight excluding hydrogens is 542 g/mol. The molecule has 0 saturated carbocycles. The van der Waals surface area contributed by atoms with Gasteiger partial charge in [-0.1, -0.05) is 27.0 Å². The molecule has 38 heavy (non-hydrogen) atoms. The van der Waals surface area contributed by atoms with Gasteiger partial charge in [0.05, 0.1) is 39.3 Å². The summed E-state index contributed by atoms with van der Waals surface area (Å²) in [7, 11) is -6.05. The van der Waals surface area contributed by atoms with Crippen molar-refractivity contribution in [2.45, 2.75) is 53.4 Å². The highest BCUT2D eigenvalue weighted by Gasteiger charge is 2.21. The third-order valence-electron chi connectivity index (χ3n) is 4.64. The quantitative estimate of drug-likeness (QED) is 0.0733. The van der Waals surface area contributed by atoms with Gasteiger partial charge in [-0.3, -0.25) is 18.7 Å². The van der Waals surface area contributed by atoms with E-state index in [2.05, 4.69) is 13.2 Å². The summed E-state index contributed by atoms with van der Waals surface area (Å²) in [5.74, 6) is -2.46. The molecule has 0 rings (SSSR count). The zero-order chi connectivity index (χ0) is 29.8. The summed E-state index contributed by atoms with van der Waals surface area (Å²) >= 11 is 0. The first-order chi connectivity index (χ1) is 17.6. The van der Waals surface area contributed by atoms with Crippen LogP contribution in [-0.2, 0) is 47.0 Å². The number of carboxylic acid groups (broad SMARTS) is 1. The van der Waals surface area contributed by atoms with Crippen molar-refractivity contribution < 1.29 is 57.0 Å². The van der Waals surface area contributed by atoms with E-state index in [1.807, 2.05) is 0 Å². The standard InChI is InChI=1S/2C12H21O6P/c1-4-19(15,16)9-6-11(13)17-7-5-8-18-12(14)10(2)3;1-4-19(16,9-6-11(13)14)18-8-5-7-17-12(15)10(2)3/h2,4-9H2,1,3H3,(H,15,16);2,4-9H2,1,3H3,(H,13,14). The molecule has 0 spiro atoms. The van der Waals surface area contributed by atoms with Crippen molar-refractivity contribution in [1.29, 1.82) is 0 Å². The summed E-state index contributed by atoms with van der Waals surface area (Å²) in [4.78, 5) is 53.0. The van der Waals surface area contributed by atoms with E-state index in [1.54, 1.807) is 27.7 Å². The minimum atomic E-state index is -3.18. The molecule has 0 saturated heterocycles. The van der Waals surface area contributed by atoms with E-state index in [9.17, 15) is 33.2 Å². The SMILES string of the molecule is C=C(C)C(=O)OCCCOC(=O)CCP(=O)(O)CC.C=C(C)C(=O)OCCCOP(=O)(CC)CCC(=O)O. The monoisotopic (exact) mass is 584 g/mol. The van der Waals surface area contributed by atoms with Crippen LogP contribution in [0.5, 0.6) is 0 Å². The predicted octanol–water partition coefficient (Wildman–Crippen LogP) is 4.00. The van der Waals surface area contributed by atoms with Crippen LogP contribution in [0.1, 0.15) is 53.4 Å². The Kier molecular flexibility index (Phi) is 20.6. The molecule has 2 N–H and O–H groups in total. The first-order valence-corrected chi connectivity index (χ1v) is 16.2.